The molecule has 3 heterocycles. The molecule has 1 spiro atoms. The van der Waals surface area contributed by atoms with Crippen LogP contribution in [0.2, 0.25) is 5.02 Å². The third kappa shape index (κ3) is 5.31. The molecule has 0 atom stereocenters. The zero-order valence-electron chi connectivity index (χ0n) is 22.6. The molecule has 4 aliphatic rings. The second-order valence-electron chi connectivity index (χ2n) is 11.8. The Morgan fingerprint density at radius 3 is 2.44 bits per heavy atom. The third-order valence-electron chi connectivity index (χ3n) is 9.24. The quantitative estimate of drug-likeness (QED) is 0.489. The summed E-state index contributed by atoms with van der Waals surface area (Å²) in [7, 11) is 0. The summed E-state index contributed by atoms with van der Waals surface area (Å²) < 4.78 is 41.1. The number of carbonyl (C=O) groups is 3. The summed E-state index contributed by atoms with van der Waals surface area (Å²) in [6.07, 6.45) is 3.79. The number of hydrogen-bond donors (Lipinski definition) is 1. The van der Waals surface area contributed by atoms with Gasteiger partial charge in [-0.2, -0.15) is 0 Å². The van der Waals surface area contributed by atoms with E-state index < -0.39 is 29.3 Å². The molecule has 6 rings (SSSR count). The number of halogens is 4. The first-order chi connectivity index (χ1) is 19.7. The molecule has 2 aliphatic carbocycles. The molecule has 218 valence electrons. The lowest BCUT2D eigenvalue weighted by molar-refractivity contribution is -0.136. The molecule has 41 heavy (non-hydrogen) atoms. The van der Waals surface area contributed by atoms with Crippen molar-refractivity contribution in [2.45, 2.75) is 69.2 Å². The average molecular weight is 589 g/mol. The summed E-state index contributed by atoms with van der Waals surface area (Å²) >= 11 is 5.90. The van der Waals surface area contributed by atoms with E-state index >= 15 is 0 Å². The lowest BCUT2D eigenvalue weighted by atomic mass is 9.73. The number of aromatic nitrogens is 1. The molecule has 2 aliphatic heterocycles. The summed E-state index contributed by atoms with van der Waals surface area (Å²) in [6, 6.07) is 5.57. The number of carbonyl (C=O) groups excluding carboxylic acids is 3. The van der Waals surface area contributed by atoms with E-state index in [1.165, 1.54) is 18.2 Å². The number of anilines is 1. The van der Waals surface area contributed by atoms with Gasteiger partial charge >= 0.3 is 0 Å². The fraction of sp³-hybridized carbons (Fsp3) is 0.533. The van der Waals surface area contributed by atoms with Crippen molar-refractivity contribution >= 4 is 35.0 Å². The average Bonchev–Trinajstić information content (AvgIpc) is 3.79. The zero-order chi connectivity index (χ0) is 28.9. The molecule has 1 saturated heterocycles. The highest BCUT2D eigenvalue weighted by Crippen LogP contribution is 2.49. The van der Waals surface area contributed by atoms with Crippen molar-refractivity contribution in [1.82, 2.24) is 15.2 Å². The van der Waals surface area contributed by atoms with Gasteiger partial charge < -0.3 is 15.1 Å². The number of likely N-dealkylation sites (tertiary alicyclic amines) is 1. The van der Waals surface area contributed by atoms with Crippen molar-refractivity contribution in [3.63, 3.8) is 0 Å². The van der Waals surface area contributed by atoms with Gasteiger partial charge in [0.05, 0.1) is 21.7 Å². The largest absolute Gasteiger partial charge is 0.349 e. The van der Waals surface area contributed by atoms with Crippen molar-refractivity contribution < 1.29 is 27.6 Å². The maximum atomic E-state index is 14.4. The monoisotopic (exact) mass is 588 g/mol. The first-order valence-electron chi connectivity index (χ1n) is 14.3. The smallest absolute Gasteiger partial charge is 0.281 e. The number of pyridine rings is 1. The fourth-order valence-corrected chi connectivity index (χ4v) is 6.95. The van der Waals surface area contributed by atoms with Crippen LogP contribution >= 0.6 is 11.6 Å². The standard InChI is InChI=1S/C30H32ClF3N4O3/c31-19-13-22(25(26(33)34)35-15-19)27(39)36-21-6-1-17(2-7-21)16-38-24-14-20(32)5-8-23(24)30(29(38)41)9-11-37(12-10-30)28(40)18-3-4-18/h5,8,13-15,17-18,21,26H,1-4,6-7,9-12,16H2,(H,36,39). The molecule has 1 N–H and O–H groups in total. The number of alkyl halides is 2. The molecule has 11 heteroatoms. The van der Waals surface area contributed by atoms with E-state index in [1.54, 1.807) is 11.0 Å². The Bertz CT molecular complexity index is 1370. The summed E-state index contributed by atoms with van der Waals surface area (Å²) in [5.41, 5.74) is -0.127. The van der Waals surface area contributed by atoms with E-state index in [2.05, 4.69) is 10.3 Å². The number of nitrogens with zero attached hydrogens (tertiary/aromatic N) is 3. The molecule has 0 bridgehead atoms. The Morgan fingerprint density at radius 1 is 1.07 bits per heavy atom. The molecule has 2 saturated carbocycles. The first-order valence-corrected chi connectivity index (χ1v) is 14.7. The molecule has 2 aromatic rings. The van der Waals surface area contributed by atoms with Crippen molar-refractivity contribution in [3.8, 4) is 0 Å². The van der Waals surface area contributed by atoms with Crippen LogP contribution in [-0.4, -0.2) is 53.3 Å². The molecular weight excluding hydrogens is 557 g/mol. The van der Waals surface area contributed by atoms with Gasteiger partial charge in [-0.05, 0) is 81.0 Å². The second kappa shape index (κ2) is 10.9. The Kier molecular flexibility index (Phi) is 7.46. The molecule has 3 fully saturated rings. The van der Waals surface area contributed by atoms with Crippen molar-refractivity contribution in [2.75, 3.05) is 24.5 Å². The summed E-state index contributed by atoms with van der Waals surface area (Å²) in [5.74, 6) is -0.604. The Morgan fingerprint density at radius 2 is 1.78 bits per heavy atom. The highest BCUT2D eigenvalue weighted by atomic mass is 35.5. The predicted molar refractivity (Wildman–Crippen MR) is 146 cm³/mol. The van der Waals surface area contributed by atoms with E-state index in [0.717, 1.165) is 24.6 Å². The number of nitrogens with one attached hydrogen (secondary N) is 1. The van der Waals surface area contributed by atoms with Gasteiger partial charge in [-0.15, -0.1) is 0 Å². The van der Waals surface area contributed by atoms with E-state index in [9.17, 15) is 27.6 Å². The van der Waals surface area contributed by atoms with Gasteiger partial charge in [-0.1, -0.05) is 17.7 Å². The summed E-state index contributed by atoms with van der Waals surface area (Å²) in [5, 5.41) is 2.95. The molecule has 0 unspecified atom stereocenters. The van der Waals surface area contributed by atoms with Gasteiger partial charge in [-0.25, -0.2) is 13.2 Å². The number of benzene rings is 1. The van der Waals surface area contributed by atoms with Crippen molar-refractivity contribution in [3.05, 3.63) is 58.1 Å². The van der Waals surface area contributed by atoms with E-state index in [0.29, 0.717) is 63.8 Å². The number of rotatable bonds is 6. The van der Waals surface area contributed by atoms with Gasteiger partial charge in [0.2, 0.25) is 11.8 Å². The van der Waals surface area contributed by atoms with E-state index in [-0.39, 0.29) is 40.3 Å². The number of amides is 3. The Labute approximate surface area is 241 Å². The minimum Gasteiger partial charge on any atom is -0.349 e. The number of hydrogen-bond acceptors (Lipinski definition) is 4. The van der Waals surface area contributed by atoms with Gasteiger partial charge in [-0.3, -0.25) is 19.4 Å². The van der Waals surface area contributed by atoms with Crippen molar-refractivity contribution in [2.24, 2.45) is 11.8 Å². The minimum atomic E-state index is -2.90. The van der Waals surface area contributed by atoms with Crippen LogP contribution in [0.25, 0.3) is 0 Å². The molecular formula is C30H32ClF3N4O3. The van der Waals surface area contributed by atoms with Crippen LogP contribution in [0.3, 0.4) is 0 Å². The molecule has 1 aromatic carbocycles. The SMILES string of the molecule is O=C(NC1CCC(CN2C(=O)C3(CCN(C(=O)C4CC4)CC3)c3ccc(F)cc32)CC1)c1cc(Cl)cnc1C(F)F. The van der Waals surface area contributed by atoms with Gasteiger partial charge in [0, 0.05) is 37.8 Å². The lowest BCUT2D eigenvalue weighted by Gasteiger charge is -2.39. The van der Waals surface area contributed by atoms with Crippen molar-refractivity contribution in [1.29, 1.82) is 0 Å². The number of fused-ring (bicyclic) bond motifs is 2. The van der Waals surface area contributed by atoms with Gasteiger partial charge in [0.1, 0.15) is 11.5 Å². The first kappa shape index (κ1) is 28.0. The fourth-order valence-electron chi connectivity index (χ4n) is 6.79. The topological polar surface area (TPSA) is 82.6 Å². The predicted octanol–water partition coefficient (Wildman–Crippen LogP) is 5.42. The lowest BCUT2D eigenvalue weighted by Crippen LogP contribution is -2.51. The number of piperidine rings is 1. The molecule has 0 radical (unpaired) electrons. The van der Waals surface area contributed by atoms with E-state index in [4.69, 9.17) is 11.6 Å². The summed E-state index contributed by atoms with van der Waals surface area (Å²) in [4.78, 5) is 46.6. The highest BCUT2D eigenvalue weighted by Gasteiger charge is 2.53. The van der Waals surface area contributed by atoms with Crippen LogP contribution < -0.4 is 10.2 Å². The molecule has 1 aromatic heterocycles. The highest BCUT2D eigenvalue weighted by molar-refractivity contribution is 6.30. The van der Waals surface area contributed by atoms with Crippen LogP contribution in [0.5, 0.6) is 0 Å². The van der Waals surface area contributed by atoms with Gasteiger partial charge in [0.25, 0.3) is 12.3 Å². The molecule has 7 nitrogen and oxygen atoms in total. The Hall–Kier alpha value is -3.14. The normalized spacial score (nSPS) is 23.7. The minimum absolute atomic E-state index is 0.0277. The summed E-state index contributed by atoms with van der Waals surface area (Å²) in [6.45, 7) is 1.48. The van der Waals surface area contributed by atoms with Crippen LogP contribution in [0, 0.1) is 17.7 Å². The van der Waals surface area contributed by atoms with E-state index in [1.807, 2.05) is 4.90 Å². The maximum Gasteiger partial charge on any atom is 0.281 e. The van der Waals surface area contributed by atoms with Crippen LogP contribution in [-0.2, 0) is 15.0 Å². The zero-order valence-corrected chi connectivity index (χ0v) is 23.3. The van der Waals surface area contributed by atoms with Gasteiger partial charge in [0.15, 0.2) is 0 Å². The van der Waals surface area contributed by atoms with Crippen LogP contribution in [0.1, 0.15) is 79.4 Å². The maximum absolute atomic E-state index is 14.4. The third-order valence-corrected chi connectivity index (χ3v) is 9.44. The Balaban J connectivity index is 1.11. The second-order valence-corrected chi connectivity index (χ2v) is 12.3. The van der Waals surface area contributed by atoms with Crippen LogP contribution in [0.4, 0.5) is 18.9 Å². The molecule has 3 amide bonds. The van der Waals surface area contributed by atoms with Crippen LogP contribution in [0.15, 0.2) is 30.5 Å².